The highest BCUT2D eigenvalue weighted by Crippen LogP contribution is 2.66. The first-order chi connectivity index (χ1) is 11.0. The van der Waals surface area contributed by atoms with Crippen LogP contribution in [0.4, 0.5) is 0 Å². The van der Waals surface area contributed by atoms with Crippen LogP contribution in [0.1, 0.15) is 71.6 Å². The zero-order chi connectivity index (χ0) is 16.2. The van der Waals surface area contributed by atoms with Crippen molar-refractivity contribution in [3.05, 3.63) is 11.6 Å². The Bertz CT molecular complexity index is 526. The van der Waals surface area contributed by atoms with E-state index in [2.05, 4.69) is 19.9 Å². The van der Waals surface area contributed by atoms with Crippen molar-refractivity contribution in [1.29, 1.82) is 5.41 Å². The highest BCUT2D eigenvalue weighted by atomic mass is 16.3. The van der Waals surface area contributed by atoms with Crippen molar-refractivity contribution >= 4 is 6.21 Å². The molecule has 4 rings (SSSR count). The molecular weight excluding hydrogens is 282 g/mol. The Kier molecular flexibility index (Phi) is 3.75. The fraction of sp³-hybridized carbons (Fsp3) is 0.857. The van der Waals surface area contributed by atoms with Gasteiger partial charge in [-0.3, -0.25) is 0 Å². The molecule has 0 heterocycles. The van der Waals surface area contributed by atoms with Crippen LogP contribution in [-0.4, -0.2) is 17.4 Å². The molecule has 0 spiro atoms. The largest absolute Gasteiger partial charge is 0.393 e. The van der Waals surface area contributed by atoms with Gasteiger partial charge < -0.3 is 10.5 Å². The molecule has 0 aliphatic heterocycles. The molecule has 4 aliphatic rings. The van der Waals surface area contributed by atoms with Gasteiger partial charge in [-0.2, -0.15) is 0 Å². The van der Waals surface area contributed by atoms with Crippen molar-refractivity contribution in [3.8, 4) is 0 Å². The summed E-state index contributed by atoms with van der Waals surface area (Å²) in [5.74, 6) is 3.35. The van der Waals surface area contributed by atoms with Gasteiger partial charge in [-0.25, -0.2) is 0 Å². The van der Waals surface area contributed by atoms with E-state index in [9.17, 15) is 5.11 Å². The molecule has 2 nitrogen and oxygen atoms in total. The van der Waals surface area contributed by atoms with Crippen molar-refractivity contribution in [2.24, 2.45) is 34.5 Å². The van der Waals surface area contributed by atoms with E-state index < -0.39 is 0 Å². The molecule has 0 saturated heterocycles. The number of nitrogens with one attached hydrogen (secondary N) is 1. The number of allylic oxidation sites excluding steroid dienone is 2. The summed E-state index contributed by atoms with van der Waals surface area (Å²) in [6, 6.07) is 0. The minimum atomic E-state index is -0.0486. The van der Waals surface area contributed by atoms with Gasteiger partial charge in [0.15, 0.2) is 0 Å². The number of rotatable bonds is 1. The van der Waals surface area contributed by atoms with Crippen LogP contribution in [0.3, 0.4) is 0 Å². The fourth-order valence-corrected chi connectivity index (χ4v) is 7.35. The summed E-state index contributed by atoms with van der Waals surface area (Å²) in [6.07, 6.45) is 14.9. The average Bonchev–Trinajstić information content (AvgIpc) is 2.84. The number of hydrogen-bond acceptors (Lipinski definition) is 2. The SMILES string of the molecule is CC12CCC3C(CCC4CC(=CC=N)CCC43C)C1CCC2O. The molecule has 0 aromatic carbocycles. The van der Waals surface area contributed by atoms with E-state index in [1.165, 1.54) is 63.2 Å². The number of fused-ring (bicyclic) bond motifs is 5. The minimum Gasteiger partial charge on any atom is -0.393 e. The lowest BCUT2D eigenvalue weighted by atomic mass is 9.45. The van der Waals surface area contributed by atoms with E-state index in [1.54, 1.807) is 0 Å². The van der Waals surface area contributed by atoms with Crippen LogP contribution < -0.4 is 0 Å². The normalized spacial score (nSPS) is 54.2. The van der Waals surface area contributed by atoms with Crippen molar-refractivity contribution < 1.29 is 5.11 Å². The van der Waals surface area contributed by atoms with Gasteiger partial charge in [0.25, 0.3) is 0 Å². The maximum Gasteiger partial charge on any atom is 0.0596 e. The summed E-state index contributed by atoms with van der Waals surface area (Å²) >= 11 is 0. The lowest BCUT2D eigenvalue weighted by Crippen LogP contribution is -2.53. The topological polar surface area (TPSA) is 44.1 Å². The first-order valence-corrected chi connectivity index (χ1v) is 9.85. The zero-order valence-corrected chi connectivity index (χ0v) is 14.9. The monoisotopic (exact) mass is 315 g/mol. The first-order valence-electron chi connectivity index (χ1n) is 9.85. The number of aliphatic hydroxyl groups is 1. The molecule has 4 fully saturated rings. The summed E-state index contributed by atoms with van der Waals surface area (Å²) in [6.45, 7) is 4.97. The molecule has 23 heavy (non-hydrogen) atoms. The van der Waals surface area contributed by atoms with Gasteiger partial charge in [0.2, 0.25) is 0 Å². The van der Waals surface area contributed by atoms with Gasteiger partial charge in [0.1, 0.15) is 0 Å². The molecule has 0 aromatic heterocycles. The van der Waals surface area contributed by atoms with E-state index in [-0.39, 0.29) is 11.5 Å². The van der Waals surface area contributed by atoms with Gasteiger partial charge in [0.05, 0.1) is 6.10 Å². The summed E-state index contributed by atoms with van der Waals surface area (Å²) < 4.78 is 0. The molecule has 0 amide bonds. The Morgan fingerprint density at radius 1 is 1.00 bits per heavy atom. The molecule has 4 aliphatic carbocycles. The first kappa shape index (κ1) is 15.9. The maximum atomic E-state index is 10.5. The van der Waals surface area contributed by atoms with Gasteiger partial charge in [-0.15, -0.1) is 0 Å². The van der Waals surface area contributed by atoms with Crippen molar-refractivity contribution in [1.82, 2.24) is 0 Å². The van der Waals surface area contributed by atoms with E-state index >= 15 is 0 Å². The minimum absolute atomic E-state index is 0.0486. The Balaban J connectivity index is 1.59. The third-order valence-electron chi connectivity index (χ3n) is 8.83. The van der Waals surface area contributed by atoms with Crippen molar-refractivity contribution in [3.63, 3.8) is 0 Å². The molecule has 0 radical (unpaired) electrons. The molecule has 7 atom stereocenters. The van der Waals surface area contributed by atoms with E-state index in [0.29, 0.717) is 5.41 Å². The van der Waals surface area contributed by atoms with E-state index in [0.717, 1.165) is 30.1 Å². The van der Waals surface area contributed by atoms with Crippen LogP contribution in [0.5, 0.6) is 0 Å². The smallest absolute Gasteiger partial charge is 0.0596 e. The molecule has 128 valence electrons. The standard InChI is InChI=1S/C21H33NO/c1-20-10-7-14(9-12-22)13-15(20)3-4-16-17-5-6-19(23)21(17,2)11-8-18(16)20/h9,12,15-19,22-23H,3-8,10-11,13H2,1-2H3. The van der Waals surface area contributed by atoms with Crippen LogP contribution >= 0.6 is 0 Å². The highest BCUT2D eigenvalue weighted by molar-refractivity contribution is 5.68. The zero-order valence-electron chi connectivity index (χ0n) is 14.9. The van der Waals surface area contributed by atoms with Gasteiger partial charge in [-0.1, -0.05) is 19.4 Å². The van der Waals surface area contributed by atoms with Crippen LogP contribution in [0.2, 0.25) is 0 Å². The molecule has 4 saturated carbocycles. The van der Waals surface area contributed by atoms with Crippen LogP contribution in [0.25, 0.3) is 0 Å². The van der Waals surface area contributed by atoms with E-state index in [4.69, 9.17) is 5.41 Å². The predicted octanol–water partition coefficient (Wildman–Crippen LogP) is 4.97. The van der Waals surface area contributed by atoms with E-state index in [1.807, 2.05) is 0 Å². The quantitative estimate of drug-likeness (QED) is 0.659. The summed E-state index contributed by atoms with van der Waals surface area (Å²) in [7, 11) is 0. The summed E-state index contributed by atoms with van der Waals surface area (Å²) in [5, 5.41) is 17.9. The summed E-state index contributed by atoms with van der Waals surface area (Å²) in [4.78, 5) is 0. The molecule has 0 bridgehead atoms. The number of hydrogen-bond donors (Lipinski definition) is 2. The van der Waals surface area contributed by atoms with Gasteiger partial charge in [0, 0.05) is 6.21 Å². The lowest BCUT2D eigenvalue weighted by molar-refractivity contribution is -0.115. The predicted molar refractivity (Wildman–Crippen MR) is 94.6 cm³/mol. The Morgan fingerprint density at radius 2 is 1.78 bits per heavy atom. The average molecular weight is 316 g/mol. The van der Waals surface area contributed by atoms with Crippen molar-refractivity contribution in [2.75, 3.05) is 0 Å². The van der Waals surface area contributed by atoms with Crippen LogP contribution in [0, 0.1) is 39.9 Å². The van der Waals surface area contributed by atoms with Gasteiger partial charge >= 0.3 is 0 Å². The van der Waals surface area contributed by atoms with Crippen LogP contribution in [0.15, 0.2) is 11.6 Å². The Labute approximate surface area is 141 Å². The maximum absolute atomic E-state index is 10.5. The highest BCUT2D eigenvalue weighted by Gasteiger charge is 2.59. The molecule has 2 N–H and O–H groups in total. The van der Waals surface area contributed by atoms with Crippen LogP contribution in [-0.2, 0) is 0 Å². The molecular formula is C21H33NO. The fourth-order valence-electron chi connectivity index (χ4n) is 7.35. The van der Waals surface area contributed by atoms with Crippen molar-refractivity contribution in [2.45, 2.75) is 77.7 Å². The third-order valence-corrected chi connectivity index (χ3v) is 8.83. The molecule has 2 heteroatoms. The molecule has 7 unspecified atom stereocenters. The third kappa shape index (κ3) is 2.20. The van der Waals surface area contributed by atoms with Gasteiger partial charge in [-0.05, 0) is 98.4 Å². The second-order valence-corrected chi connectivity index (χ2v) is 9.49. The Morgan fingerprint density at radius 3 is 2.57 bits per heavy atom. The lowest BCUT2D eigenvalue weighted by Gasteiger charge is -2.60. The number of aliphatic hydroxyl groups excluding tert-OH is 1. The Hall–Kier alpha value is -0.630. The molecule has 0 aromatic rings. The second-order valence-electron chi connectivity index (χ2n) is 9.49. The second kappa shape index (κ2) is 5.44. The summed E-state index contributed by atoms with van der Waals surface area (Å²) in [5.41, 5.74) is 2.24.